The van der Waals surface area contributed by atoms with Crippen LogP contribution in [0.4, 0.5) is 0 Å². The number of rotatable bonds is 4. The van der Waals surface area contributed by atoms with Crippen LogP contribution in [0.15, 0.2) is 36.8 Å². The third-order valence-corrected chi connectivity index (χ3v) is 4.94. The van der Waals surface area contributed by atoms with E-state index in [0.717, 1.165) is 35.9 Å². The van der Waals surface area contributed by atoms with Gasteiger partial charge in [-0.25, -0.2) is 4.98 Å². The molecular weight excluding hydrogens is 366 g/mol. The lowest BCUT2D eigenvalue weighted by Crippen LogP contribution is -2.39. The number of H-pyrrole nitrogens is 1. The predicted molar refractivity (Wildman–Crippen MR) is 101 cm³/mol. The molecule has 0 aliphatic heterocycles. The maximum atomic E-state index is 12.3. The van der Waals surface area contributed by atoms with Crippen LogP contribution in [0.5, 0.6) is 0 Å². The average Bonchev–Trinajstić information content (AvgIpc) is 3.06. The molecule has 7 nitrogen and oxygen atoms in total. The molecule has 138 valence electrons. The highest BCUT2D eigenvalue weighted by molar-refractivity contribution is 6.31. The molecule has 27 heavy (non-hydrogen) atoms. The maximum absolute atomic E-state index is 12.3. The number of hydrogen-bond donors (Lipinski definition) is 3. The van der Waals surface area contributed by atoms with E-state index < -0.39 is 5.91 Å². The van der Waals surface area contributed by atoms with Gasteiger partial charge in [-0.2, -0.15) is 0 Å². The minimum Gasteiger partial charge on any atom is -0.356 e. The zero-order valence-electron chi connectivity index (χ0n) is 14.5. The van der Waals surface area contributed by atoms with Gasteiger partial charge in [0, 0.05) is 34.0 Å². The number of aromatic amines is 1. The van der Waals surface area contributed by atoms with Crippen LogP contribution in [-0.2, 0) is 11.2 Å². The number of amides is 2. The summed E-state index contributed by atoms with van der Waals surface area (Å²) in [6, 6.07) is 5.65. The van der Waals surface area contributed by atoms with Gasteiger partial charge in [-0.3, -0.25) is 14.6 Å². The second-order valence-corrected chi connectivity index (χ2v) is 6.93. The Morgan fingerprint density at radius 1 is 1.30 bits per heavy atom. The highest BCUT2D eigenvalue weighted by Crippen LogP contribution is 2.35. The summed E-state index contributed by atoms with van der Waals surface area (Å²) in [4.78, 5) is 35.5. The van der Waals surface area contributed by atoms with Gasteiger partial charge in [0.1, 0.15) is 5.69 Å². The third kappa shape index (κ3) is 3.64. The number of hydrogen-bond acceptors (Lipinski definition) is 4. The molecule has 0 spiro atoms. The molecule has 1 aliphatic rings. The van der Waals surface area contributed by atoms with Gasteiger partial charge in [0.05, 0.1) is 18.8 Å². The first kappa shape index (κ1) is 17.5. The molecule has 8 heteroatoms. The topological polar surface area (TPSA) is 99.8 Å². The Balaban J connectivity index is 1.44. The second-order valence-electron chi connectivity index (χ2n) is 6.49. The van der Waals surface area contributed by atoms with E-state index in [2.05, 4.69) is 25.6 Å². The molecule has 0 unspecified atom stereocenters. The van der Waals surface area contributed by atoms with Gasteiger partial charge >= 0.3 is 0 Å². The van der Waals surface area contributed by atoms with E-state index in [1.807, 2.05) is 18.2 Å². The SMILES string of the molecule is O=C(CNC(=O)c1cnccn1)N[C@@H]1CCCc2c1[nH]c1ccc(Cl)cc21. The van der Waals surface area contributed by atoms with Crippen LogP contribution in [0.2, 0.25) is 5.02 Å². The van der Waals surface area contributed by atoms with Crippen molar-refractivity contribution in [2.75, 3.05) is 6.54 Å². The van der Waals surface area contributed by atoms with Crippen LogP contribution < -0.4 is 10.6 Å². The third-order valence-electron chi connectivity index (χ3n) is 4.71. The van der Waals surface area contributed by atoms with E-state index in [1.54, 1.807) is 0 Å². The number of nitrogens with zero attached hydrogens (tertiary/aromatic N) is 2. The van der Waals surface area contributed by atoms with Crippen LogP contribution in [-0.4, -0.2) is 33.3 Å². The lowest BCUT2D eigenvalue weighted by atomic mass is 9.91. The second kappa shape index (κ2) is 7.36. The molecule has 2 aromatic heterocycles. The molecule has 1 aliphatic carbocycles. The lowest BCUT2D eigenvalue weighted by molar-refractivity contribution is -0.121. The highest BCUT2D eigenvalue weighted by atomic mass is 35.5. The first-order chi connectivity index (χ1) is 13.1. The summed E-state index contributed by atoms with van der Waals surface area (Å²) in [5.74, 6) is -0.676. The fourth-order valence-electron chi connectivity index (χ4n) is 3.49. The quantitative estimate of drug-likeness (QED) is 0.644. The summed E-state index contributed by atoms with van der Waals surface area (Å²) in [6.45, 7) is -0.118. The van der Waals surface area contributed by atoms with E-state index in [0.29, 0.717) is 5.02 Å². The van der Waals surface area contributed by atoms with Crippen molar-refractivity contribution in [3.8, 4) is 0 Å². The van der Waals surface area contributed by atoms with Crippen molar-refractivity contribution in [1.29, 1.82) is 0 Å². The van der Waals surface area contributed by atoms with E-state index in [1.165, 1.54) is 24.2 Å². The maximum Gasteiger partial charge on any atom is 0.271 e. The minimum atomic E-state index is -0.428. The van der Waals surface area contributed by atoms with Crippen molar-refractivity contribution >= 4 is 34.3 Å². The van der Waals surface area contributed by atoms with Crippen LogP contribution in [0.3, 0.4) is 0 Å². The van der Waals surface area contributed by atoms with Gasteiger partial charge in [-0.05, 0) is 43.0 Å². The Labute approximate surface area is 160 Å². The van der Waals surface area contributed by atoms with Crippen molar-refractivity contribution in [2.24, 2.45) is 0 Å². The first-order valence-electron chi connectivity index (χ1n) is 8.75. The van der Waals surface area contributed by atoms with E-state index in [9.17, 15) is 9.59 Å². The molecule has 3 N–H and O–H groups in total. The smallest absolute Gasteiger partial charge is 0.271 e. The summed E-state index contributed by atoms with van der Waals surface area (Å²) in [5, 5.41) is 7.37. The highest BCUT2D eigenvalue weighted by Gasteiger charge is 2.25. The van der Waals surface area contributed by atoms with Gasteiger partial charge in [0.25, 0.3) is 5.91 Å². The fraction of sp³-hybridized carbons (Fsp3) is 0.263. The molecule has 0 saturated carbocycles. The molecule has 3 aromatic rings. The molecule has 2 heterocycles. The van der Waals surface area contributed by atoms with Crippen LogP contribution in [0, 0.1) is 0 Å². The molecular formula is C19H18ClN5O2. The van der Waals surface area contributed by atoms with Crippen molar-refractivity contribution in [3.05, 3.63) is 58.8 Å². The van der Waals surface area contributed by atoms with Crippen molar-refractivity contribution in [2.45, 2.75) is 25.3 Å². The van der Waals surface area contributed by atoms with E-state index in [4.69, 9.17) is 11.6 Å². The fourth-order valence-corrected chi connectivity index (χ4v) is 3.66. The zero-order valence-corrected chi connectivity index (χ0v) is 15.2. The number of benzene rings is 1. The predicted octanol–water partition coefficient (Wildman–Crippen LogP) is 2.53. The summed E-state index contributed by atoms with van der Waals surface area (Å²) < 4.78 is 0. The summed E-state index contributed by atoms with van der Waals surface area (Å²) >= 11 is 6.13. The Kier molecular flexibility index (Phi) is 4.77. The number of nitrogens with one attached hydrogen (secondary N) is 3. The zero-order chi connectivity index (χ0) is 18.8. The molecule has 1 aromatic carbocycles. The number of aryl methyl sites for hydroxylation is 1. The largest absolute Gasteiger partial charge is 0.356 e. The summed E-state index contributed by atoms with van der Waals surface area (Å²) in [7, 11) is 0. The van der Waals surface area contributed by atoms with Crippen LogP contribution in [0.1, 0.15) is 40.6 Å². The van der Waals surface area contributed by atoms with Crippen molar-refractivity contribution in [3.63, 3.8) is 0 Å². The van der Waals surface area contributed by atoms with Crippen molar-refractivity contribution in [1.82, 2.24) is 25.6 Å². The molecule has 0 saturated heterocycles. The molecule has 2 amide bonds. The van der Waals surface area contributed by atoms with Crippen molar-refractivity contribution < 1.29 is 9.59 Å². The average molecular weight is 384 g/mol. The standard InChI is InChI=1S/C19H18ClN5O2/c20-11-4-5-14-13(8-11)12-2-1-3-15(18(12)25-14)24-17(26)10-23-19(27)16-9-21-6-7-22-16/h4-9,15,25H,1-3,10H2,(H,23,27)(H,24,26)/t15-/m1/s1. The Morgan fingerprint density at radius 3 is 3.00 bits per heavy atom. The lowest BCUT2D eigenvalue weighted by Gasteiger charge is -2.24. The van der Waals surface area contributed by atoms with Crippen LogP contribution >= 0.6 is 11.6 Å². The monoisotopic (exact) mass is 383 g/mol. The van der Waals surface area contributed by atoms with Gasteiger partial charge < -0.3 is 15.6 Å². The molecule has 4 rings (SSSR count). The molecule has 0 radical (unpaired) electrons. The van der Waals surface area contributed by atoms with Crippen LogP contribution in [0.25, 0.3) is 10.9 Å². The van der Waals surface area contributed by atoms with E-state index >= 15 is 0 Å². The summed E-state index contributed by atoms with van der Waals surface area (Å²) in [6.07, 6.45) is 7.04. The Bertz CT molecular complexity index is 1000. The molecule has 0 bridgehead atoms. The van der Waals surface area contributed by atoms with Gasteiger partial charge in [-0.15, -0.1) is 0 Å². The number of carbonyl (C=O) groups is 2. The number of fused-ring (bicyclic) bond motifs is 3. The Morgan fingerprint density at radius 2 is 2.19 bits per heavy atom. The molecule has 1 atom stereocenters. The number of carbonyl (C=O) groups excluding carboxylic acids is 2. The number of halogens is 1. The summed E-state index contributed by atoms with van der Waals surface area (Å²) in [5.41, 5.74) is 3.42. The number of aromatic nitrogens is 3. The Hall–Kier alpha value is -2.93. The van der Waals surface area contributed by atoms with Gasteiger partial charge in [-0.1, -0.05) is 11.6 Å². The van der Waals surface area contributed by atoms with Gasteiger partial charge in [0.15, 0.2) is 0 Å². The first-order valence-corrected chi connectivity index (χ1v) is 9.13. The molecule has 0 fully saturated rings. The van der Waals surface area contributed by atoms with E-state index in [-0.39, 0.29) is 24.2 Å². The normalized spacial score (nSPS) is 16.0. The minimum absolute atomic E-state index is 0.110. The van der Waals surface area contributed by atoms with Gasteiger partial charge in [0.2, 0.25) is 5.91 Å².